The van der Waals surface area contributed by atoms with E-state index in [1.807, 2.05) is 4.90 Å². The standard InChI is InChI=1S/C16H21F2N3O3S/c1-19(2)16(22)21-6-5-20(14-9-25(23,24)10-15(14)21)8-11-3-4-12(17)7-13(11)18/h3-4,7,14-15H,5-6,8-10H2,1-2H3/t14-,15+/m1/s1. The molecule has 1 aromatic carbocycles. The fraction of sp³-hybridized carbons (Fsp3) is 0.562. The molecule has 2 amide bonds. The van der Waals surface area contributed by atoms with Crippen LogP contribution < -0.4 is 0 Å². The van der Waals surface area contributed by atoms with Gasteiger partial charge in [-0.15, -0.1) is 0 Å². The maximum atomic E-state index is 14.0. The van der Waals surface area contributed by atoms with Gasteiger partial charge in [0.25, 0.3) is 0 Å². The van der Waals surface area contributed by atoms with Gasteiger partial charge in [-0.05, 0) is 6.07 Å². The molecule has 25 heavy (non-hydrogen) atoms. The quantitative estimate of drug-likeness (QED) is 0.774. The summed E-state index contributed by atoms with van der Waals surface area (Å²) in [5, 5.41) is 0. The molecular formula is C16H21F2N3O3S. The molecule has 0 N–H and O–H groups in total. The molecule has 0 aliphatic carbocycles. The molecule has 0 bridgehead atoms. The van der Waals surface area contributed by atoms with Crippen molar-refractivity contribution >= 4 is 15.9 Å². The summed E-state index contributed by atoms with van der Waals surface area (Å²) in [6, 6.07) is 2.33. The minimum atomic E-state index is -3.27. The number of benzene rings is 1. The second kappa shape index (κ2) is 6.53. The van der Waals surface area contributed by atoms with Gasteiger partial charge in [-0.25, -0.2) is 22.0 Å². The van der Waals surface area contributed by atoms with Crippen LogP contribution in [0.15, 0.2) is 18.2 Å². The largest absolute Gasteiger partial charge is 0.331 e. The Morgan fingerprint density at radius 1 is 1.20 bits per heavy atom. The number of hydrogen-bond donors (Lipinski definition) is 0. The van der Waals surface area contributed by atoms with E-state index in [1.165, 1.54) is 17.0 Å². The van der Waals surface area contributed by atoms with E-state index in [1.54, 1.807) is 19.0 Å². The Hall–Kier alpha value is -1.74. The number of urea groups is 1. The molecule has 2 atom stereocenters. The Bertz CT molecular complexity index is 785. The number of rotatable bonds is 2. The van der Waals surface area contributed by atoms with Crippen molar-refractivity contribution in [1.29, 1.82) is 0 Å². The molecule has 2 saturated heterocycles. The Labute approximate surface area is 145 Å². The van der Waals surface area contributed by atoms with Crippen molar-refractivity contribution in [3.05, 3.63) is 35.4 Å². The first-order chi connectivity index (χ1) is 11.7. The molecule has 0 spiro atoms. The van der Waals surface area contributed by atoms with Crippen molar-refractivity contribution in [2.45, 2.75) is 18.6 Å². The van der Waals surface area contributed by atoms with E-state index in [0.717, 1.165) is 6.07 Å². The lowest BCUT2D eigenvalue weighted by molar-refractivity contribution is 0.0514. The summed E-state index contributed by atoms with van der Waals surface area (Å²) in [4.78, 5) is 17.2. The second-order valence-corrected chi connectivity index (χ2v) is 8.94. The van der Waals surface area contributed by atoms with Crippen LogP contribution in [0.4, 0.5) is 13.6 Å². The van der Waals surface area contributed by atoms with E-state index in [0.29, 0.717) is 18.7 Å². The molecule has 2 heterocycles. The molecule has 0 radical (unpaired) electrons. The van der Waals surface area contributed by atoms with Gasteiger partial charge in [0.2, 0.25) is 0 Å². The Balaban J connectivity index is 1.84. The molecule has 1 aromatic rings. The van der Waals surface area contributed by atoms with E-state index in [2.05, 4.69) is 0 Å². The van der Waals surface area contributed by atoms with Gasteiger partial charge in [0.15, 0.2) is 9.84 Å². The zero-order valence-electron chi connectivity index (χ0n) is 14.2. The number of fused-ring (bicyclic) bond motifs is 1. The third kappa shape index (κ3) is 3.62. The second-order valence-electron chi connectivity index (χ2n) is 6.79. The van der Waals surface area contributed by atoms with Crippen molar-refractivity contribution in [2.24, 2.45) is 0 Å². The maximum absolute atomic E-state index is 14.0. The Morgan fingerprint density at radius 2 is 1.88 bits per heavy atom. The van der Waals surface area contributed by atoms with Gasteiger partial charge in [0, 0.05) is 51.4 Å². The van der Waals surface area contributed by atoms with Crippen molar-refractivity contribution < 1.29 is 22.0 Å². The van der Waals surface area contributed by atoms with E-state index in [-0.39, 0.29) is 30.1 Å². The summed E-state index contributed by atoms with van der Waals surface area (Å²) in [7, 11) is -0.0187. The van der Waals surface area contributed by atoms with Crippen LogP contribution in [0.2, 0.25) is 0 Å². The normalized spacial score (nSPS) is 25.7. The lowest BCUT2D eigenvalue weighted by Gasteiger charge is -2.44. The van der Waals surface area contributed by atoms with Crippen LogP contribution in [0.5, 0.6) is 0 Å². The highest BCUT2D eigenvalue weighted by Crippen LogP contribution is 2.29. The summed E-state index contributed by atoms with van der Waals surface area (Å²) >= 11 is 0. The third-order valence-electron chi connectivity index (χ3n) is 4.81. The van der Waals surface area contributed by atoms with E-state index in [4.69, 9.17) is 0 Å². The fourth-order valence-electron chi connectivity index (χ4n) is 3.58. The first kappa shape index (κ1) is 18.1. The summed E-state index contributed by atoms with van der Waals surface area (Å²) in [5.74, 6) is -1.44. The van der Waals surface area contributed by atoms with Crippen LogP contribution in [0.1, 0.15) is 5.56 Å². The Kier molecular flexibility index (Phi) is 4.72. The van der Waals surface area contributed by atoms with Gasteiger partial charge in [0.1, 0.15) is 11.6 Å². The van der Waals surface area contributed by atoms with E-state index >= 15 is 0 Å². The first-order valence-corrected chi connectivity index (χ1v) is 9.86. The van der Waals surface area contributed by atoms with Crippen molar-refractivity contribution in [2.75, 3.05) is 38.7 Å². The average molecular weight is 373 g/mol. The lowest BCUT2D eigenvalue weighted by Crippen LogP contribution is -2.61. The number of halogens is 2. The predicted octanol–water partition coefficient (Wildman–Crippen LogP) is 0.930. The number of hydrogen-bond acceptors (Lipinski definition) is 4. The third-order valence-corrected chi connectivity index (χ3v) is 6.51. The van der Waals surface area contributed by atoms with Gasteiger partial charge >= 0.3 is 6.03 Å². The zero-order chi connectivity index (χ0) is 18.4. The minimum absolute atomic E-state index is 0.0578. The number of carbonyl (C=O) groups excluding carboxylic acids is 1. The zero-order valence-corrected chi connectivity index (χ0v) is 15.0. The van der Waals surface area contributed by atoms with E-state index in [9.17, 15) is 22.0 Å². The average Bonchev–Trinajstić information content (AvgIpc) is 2.84. The number of carbonyl (C=O) groups is 1. The molecule has 0 aromatic heterocycles. The molecule has 6 nitrogen and oxygen atoms in total. The van der Waals surface area contributed by atoms with Crippen LogP contribution in [-0.2, 0) is 16.4 Å². The number of piperazine rings is 1. The SMILES string of the molecule is CN(C)C(=O)N1CCN(Cc2ccc(F)cc2F)[C@@H]2CS(=O)(=O)C[C@@H]21. The van der Waals surface area contributed by atoms with Crippen molar-refractivity contribution in [1.82, 2.24) is 14.7 Å². The van der Waals surface area contributed by atoms with Gasteiger partial charge in [-0.1, -0.05) is 6.07 Å². The lowest BCUT2D eigenvalue weighted by atomic mass is 10.0. The molecule has 3 rings (SSSR count). The van der Waals surface area contributed by atoms with Crippen molar-refractivity contribution in [3.8, 4) is 0 Å². The van der Waals surface area contributed by atoms with E-state index < -0.39 is 27.5 Å². The predicted molar refractivity (Wildman–Crippen MR) is 88.8 cm³/mol. The number of amides is 2. The monoisotopic (exact) mass is 373 g/mol. The molecule has 0 unspecified atom stereocenters. The molecular weight excluding hydrogens is 352 g/mol. The number of sulfone groups is 1. The smallest absolute Gasteiger partial charge is 0.319 e. The molecule has 2 aliphatic rings. The summed E-state index contributed by atoms with van der Waals surface area (Å²) < 4.78 is 51.3. The molecule has 2 fully saturated rings. The fourth-order valence-corrected chi connectivity index (χ4v) is 5.60. The van der Waals surface area contributed by atoms with Gasteiger partial charge in [-0.3, -0.25) is 4.90 Å². The minimum Gasteiger partial charge on any atom is -0.331 e. The van der Waals surface area contributed by atoms with Crippen LogP contribution in [-0.4, -0.2) is 79.9 Å². The van der Waals surface area contributed by atoms with Gasteiger partial charge in [0.05, 0.1) is 17.5 Å². The molecule has 0 saturated carbocycles. The summed E-state index contributed by atoms with van der Waals surface area (Å²) in [6.07, 6.45) is 0. The highest BCUT2D eigenvalue weighted by atomic mass is 32.2. The number of nitrogens with zero attached hydrogens (tertiary/aromatic N) is 3. The van der Waals surface area contributed by atoms with Crippen LogP contribution in [0.25, 0.3) is 0 Å². The molecule has 9 heteroatoms. The molecule has 138 valence electrons. The highest BCUT2D eigenvalue weighted by molar-refractivity contribution is 7.91. The van der Waals surface area contributed by atoms with Crippen molar-refractivity contribution in [3.63, 3.8) is 0 Å². The highest BCUT2D eigenvalue weighted by Gasteiger charge is 2.48. The van der Waals surface area contributed by atoms with Crippen LogP contribution >= 0.6 is 0 Å². The topological polar surface area (TPSA) is 60.9 Å². The van der Waals surface area contributed by atoms with Crippen LogP contribution in [0, 0.1) is 11.6 Å². The first-order valence-electron chi connectivity index (χ1n) is 8.04. The summed E-state index contributed by atoms with van der Waals surface area (Å²) in [5.41, 5.74) is 0.317. The maximum Gasteiger partial charge on any atom is 0.319 e. The molecule has 2 aliphatic heterocycles. The Morgan fingerprint density at radius 3 is 2.52 bits per heavy atom. The summed E-state index contributed by atoms with van der Waals surface area (Å²) in [6.45, 7) is 0.996. The van der Waals surface area contributed by atoms with Crippen LogP contribution in [0.3, 0.4) is 0 Å². The van der Waals surface area contributed by atoms with Gasteiger partial charge < -0.3 is 9.80 Å². The van der Waals surface area contributed by atoms with Gasteiger partial charge in [-0.2, -0.15) is 0 Å².